The molecule has 368 valence electrons. The highest BCUT2D eigenvalue weighted by Gasteiger charge is 2.27. The summed E-state index contributed by atoms with van der Waals surface area (Å²) < 4.78 is 23.6. The summed E-state index contributed by atoms with van der Waals surface area (Å²) in [6, 6.07) is -0.882. The third-order valence-corrected chi connectivity index (χ3v) is 11.7. The van der Waals surface area contributed by atoms with Crippen LogP contribution in [0.25, 0.3) is 0 Å². The fourth-order valence-corrected chi connectivity index (χ4v) is 7.48. The molecule has 0 aliphatic carbocycles. The van der Waals surface area contributed by atoms with E-state index in [0.29, 0.717) is 17.4 Å². The molecule has 9 heteroatoms. The van der Waals surface area contributed by atoms with Crippen LogP contribution in [0.1, 0.15) is 194 Å². The van der Waals surface area contributed by atoms with Crippen LogP contribution in [-0.2, 0) is 18.4 Å². The highest BCUT2D eigenvalue weighted by Crippen LogP contribution is 2.43. The number of nitrogens with one attached hydrogen (secondary N) is 1. The molecule has 1 amide bonds. The maximum absolute atomic E-state index is 12.9. The van der Waals surface area contributed by atoms with Gasteiger partial charge in [0.25, 0.3) is 0 Å². The number of aliphatic hydroxyl groups is 1. The van der Waals surface area contributed by atoms with Gasteiger partial charge in [0.05, 0.1) is 39.9 Å². The molecule has 0 fully saturated rings. The van der Waals surface area contributed by atoms with E-state index in [9.17, 15) is 19.4 Å². The molecule has 0 saturated heterocycles. The molecule has 0 radical (unpaired) electrons. The van der Waals surface area contributed by atoms with Gasteiger partial charge >= 0.3 is 7.82 Å². The minimum Gasteiger partial charge on any atom is -0.387 e. The van der Waals surface area contributed by atoms with Gasteiger partial charge in [0.1, 0.15) is 13.2 Å². The molecule has 0 aliphatic rings. The van der Waals surface area contributed by atoms with Gasteiger partial charge in [0.15, 0.2) is 0 Å². The molecule has 0 aromatic rings. The summed E-state index contributed by atoms with van der Waals surface area (Å²) >= 11 is 0. The van der Waals surface area contributed by atoms with Crippen LogP contribution in [0.4, 0.5) is 0 Å². The summed E-state index contributed by atoms with van der Waals surface area (Å²) in [7, 11) is 1.52. The van der Waals surface area contributed by atoms with Crippen LogP contribution in [0.3, 0.4) is 0 Å². The maximum atomic E-state index is 12.9. The van der Waals surface area contributed by atoms with Crippen molar-refractivity contribution >= 4 is 13.7 Å². The van der Waals surface area contributed by atoms with E-state index in [4.69, 9.17) is 9.05 Å². The first kappa shape index (κ1) is 61.4. The van der Waals surface area contributed by atoms with E-state index in [1.165, 1.54) is 83.5 Å². The minimum absolute atomic E-state index is 0.0459. The molecule has 0 spiro atoms. The number of phosphoric acid groups is 1. The topological polar surface area (TPSA) is 105 Å². The summed E-state index contributed by atoms with van der Waals surface area (Å²) in [5.74, 6) is -0.206. The molecule has 3 N–H and O–H groups in total. The lowest BCUT2D eigenvalue weighted by atomic mass is 10.1. The number of quaternary nitrogens is 1. The molecule has 0 bridgehead atoms. The number of phosphoric ester groups is 1. The molecule has 3 atom stereocenters. The Labute approximate surface area is 394 Å². The zero-order chi connectivity index (χ0) is 47.1. The van der Waals surface area contributed by atoms with Crippen LogP contribution in [0.15, 0.2) is 97.2 Å². The van der Waals surface area contributed by atoms with E-state index >= 15 is 0 Å². The SMILES string of the molecule is CC/C=C\C/C=C\C/C=C\C/C=C\C/C=C\CCCCCCCCCC(=O)NC(COP(=O)(O)OCC[N+](C)(C)C)C(O)/C=C/CC/C=C/CC/C=C/CCCCCCCCCCC. The molecular weight excluding hydrogens is 816 g/mol. The van der Waals surface area contributed by atoms with Crippen molar-refractivity contribution in [2.45, 2.75) is 206 Å². The van der Waals surface area contributed by atoms with Crippen LogP contribution >= 0.6 is 7.82 Å². The van der Waals surface area contributed by atoms with Gasteiger partial charge < -0.3 is 19.8 Å². The number of nitrogens with zero attached hydrogens (tertiary/aromatic N) is 1. The number of rotatable bonds is 45. The lowest BCUT2D eigenvalue weighted by molar-refractivity contribution is -0.870. The standard InChI is InChI=1S/C55H97N2O6P/c1-6-8-10-12-14-16-18-20-22-24-26-27-28-29-31-33-35-37-39-41-43-45-47-49-55(59)56-53(52-63-64(60,61)62-51-50-57(3,4)5)54(58)48-46-44-42-40-38-36-34-32-30-25-23-21-19-17-15-13-11-9-7-2/h8,10,14,16,20,22,26-27,29-32,38,40,46,48,53-54,58H,6-7,9,11-13,15,17-19,21,23-25,28,33-37,39,41-45,47,49-52H2,1-5H3,(H-,56,59,60,61)/p+1/b10-8-,16-14-,22-20-,27-26-,31-29-,32-30+,40-38+,48-46+. The first-order valence-corrected chi connectivity index (χ1v) is 27.1. The number of carbonyl (C=O) groups excluding carboxylic acids is 1. The van der Waals surface area contributed by atoms with Crippen LogP contribution in [0, 0.1) is 0 Å². The Bertz CT molecular complexity index is 1360. The van der Waals surface area contributed by atoms with Crippen LogP contribution < -0.4 is 5.32 Å². The molecule has 3 unspecified atom stereocenters. The average Bonchev–Trinajstić information content (AvgIpc) is 3.25. The first-order chi connectivity index (χ1) is 31.0. The normalized spacial score (nSPS) is 14.9. The fourth-order valence-electron chi connectivity index (χ4n) is 6.75. The predicted molar refractivity (Wildman–Crippen MR) is 276 cm³/mol. The number of allylic oxidation sites excluding steroid dienone is 15. The van der Waals surface area contributed by atoms with Gasteiger partial charge in [-0.15, -0.1) is 0 Å². The smallest absolute Gasteiger partial charge is 0.387 e. The molecule has 0 aliphatic heterocycles. The van der Waals surface area contributed by atoms with Crippen LogP contribution in [0.2, 0.25) is 0 Å². The highest BCUT2D eigenvalue weighted by molar-refractivity contribution is 7.47. The molecule has 0 aromatic heterocycles. The van der Waals surface area contributed by atoms with Gasteiger partial charge in [-0.1, -0.05) is 195 Å². The molecule has 0 heterocycles. The Hall–Kier alpha value is -2.58. The minimum atomic E-state index is -4.37. The van der Waals surface area contributed by atoms with Crippen LogP contribution in [0.5, 0.6) is 0 Å². The van der Waals surface area contributed by atoms with Gasteiger partial charge in [-0.25, -0.2) is 4.57 Å². The average molecular weight is 914 g/mol. The van der Waals surface area contributed by atoms with Gasteiger partial charge in [-0.3, -0.25) is 13.8 Å². The van der Waals surface area contributed by atoms with Gasteiger partial charge in [-0.2, -0.15) is 0 Å². The van der Waals surface area contributed by atoms with Crippen molar-refractivity contribution in [2.75, 3.05) is 40.9 Å². The predicted octanol–water partition coefficient (Wildman–Crippen LogP) is 15.1. The second-order valence-electron chi connectivity index (χ2n) is 18.1. The van der Waals surface area contributed by atoms with Gasteiger partial charge in [-0.05, 0) is 89.9 Å². The Balaban J connectivity index is 4.43. The Kier molecular flexibility index (Phi) is 43.7. The summed E-state index contributed by atoms with van der Waals surface area (Å²) in [5, 5.41) is 13.9. The van der Waals surface area contributed by atoms with Crippen molar-refractivity contribution in [3.05, 3.63) is 97.2 Å². The fraction of sp³-hybridized carbons (Fsp3) is 0.691. The third kappa shape index (κ3) is 47.4. The van der Waals surface area contributed by atoms with Gasteiger partial charge in [0, 0.05) is 6.42 Å². The molecule has 0 saturated carbocycles. The maximum Gasteiger partial charge on any atom is 0.472 e. The number of hydrogen-bond donors (Lipinski definition) is 3. The zero-order valence-electron chi connectivity index (χ0n) is 41.7. The number of aliphatic hydroxyl groups excluding tert-OH is 1. The van der Waals surface area contributed by atoms with E-state index in [0.717, 1.165) is 89.9 Å². The number of likely N-dealkylation sites (N-methyl/N-ethyl adjacent to an activating group) is 1. The number of amides is 1. The zero-order valence-corrected chi connectivity index (χ0v) is 42.6. The van der Waals surface area contributed by atoms with Gasteiger partial charge in [0.2, 0.25) is 5.91 Å². The monoisotopic (exact) mass is 914 g/mol. The summed E-state index contributed by atoms with van der Waals surface area (Å²) in [4.78, 5) is 23.2. The second kappa shape index (κ2) is 45.6. The van der Waals surface area contributed by atoms with E-state index in [2.05, 4.69) is 104 Å². The molecule has 0 rings (SSSR count). The van der Waals surface area contributed by atoms with Crippen molar-refractivity contribution in [2.24, 2.45) is 0 Å². The third-order valence-electron chi connectivity index (χ3n) is 10.8. The van der Waals surface area contributed by atoms with Crippen molar-refractivity contribution in [1.82, 2.24) is 5.32 Å². The van der Waals surface area contributed by atoms with Crippen molar-refractivity contribution < 1.29 is 32.9 Å². The molecular formula is C55H98N2O6P+. The molecule has 64 heavy (non-hydrogen) atoms. The lowest BCUT2D eigenvalue weighted by Gasteiger charge is -2.25. The highest BCUT2D eigenvalue weighted by atomic mass is 31.2. The Morgan fingerprint density at radius 1 is 0.547 bits per heavy atom. The van der Waals surface area contributed by atoms with E-state index in [-0.39, 0.29) is 19.1 Å². The molecule has 0 aromatic carbocycles. The summed E-state index contributed by atoms with van der Waals surface area (Å²) in [6.07, 6.45) is 64.9. The Morgan fingerprint density at radius 2 is 0.953 bits per heavy atom. The summed E-state index contributed by atoms with van der Waals surface area (Å²) in [5.41, 5.74) is 0. The quantitative estimate of drug-likeness (QED) is 0.0243. The Morgan fingerprint density at radius 3 is 1.44 bits per heavy atom. The first-order valence-electron chi connectivity index (χ1n) is 25.6. The van der Waals surface area contributed by atoms with Crippen LogP contribution in [-0.4, -0.2) is 73.4 Å². The van der Waals surface area contributed by atoms with Crippen molar-refractivity contribution in [1.29, 1.82) is 0 Å². The molecule has 8 nitrogen and oxygen atoms in total. The van der Waals surface area contributed by atoms with Crippen molar-refractivity contribution in [3.8, 4) is 0 Å². The number of unbranched alkanes of at least 4 members (excludes halogenated alkanes) is 18. The number of hydrogen-bond acceptors (Lipinski definition) is 5. The summed E-state index contributed by atoms with van der Waals surface area (Å²) in [6.45, 7) is 4.65. The van der Waals surface area contributed by atoms with Crippen molar-refractivity contribution in [3.63, 3.8) is 0 Å². The number of carbonyl (C=O) groups is 1. The largest absolute Gasteiger partial charge is 0.472 e. The van der Waals surface area contributed by atoms with E-state index in [1.54, 1.807) is 6.08 Å². The second-order valence-corrected chi connectivity index (χ2v) is 19.6. The lowest BCUT2D eigenvalue weighted by Crippen LogP contribution is -2.45. The van der Waals surface area contributed by atoms with E-state index in [1.807, 2.05) is 27.2 Å². The van der Waals surface area contributed by atoms with E-state index < -0.39 is 20.0 Å².